The molecule has 0 aromatic carbocycles. The molecule has 21 heavy (non-hydrogen) atoms. The summed E-state index contributed by atoms with van der Waals surface area (Å²) in [6.07, 6.45) is 0.0139. The molecule has 0 aliphatic rings. The summed E-state index contributed by atoms with van der Waals surface area (Å²) in [5.41, 5.74) is 0. The fourth-order valence-electron chi connectivity index (χ4n) is 1.63. The third kappa shape index (κ3) is 6.87. The Morgan fingerprint density at radius 3 is 2.14 bits per heavy atom. The molecular formula is C14H24N2O5. The van der Waals surface area contributed by atoms with Crippen LogP contribution in [0.2, 0.25) is 0 Å². The van der Waals surface area contributed by atoms with E-state index in [1.807, 2.05) is 0 Å². The lowest BCUT2D eigenvalue weighted by Crippen LogP contribution is -2.44. The van der Waals surface area contributed by atoms with Crippen LogP contribution >= 0.6 is 0 Å². The number of carbonyl (C=O) groups excluding carboxylic acids is 4. The minimum absolute atomic E-state index is 0.0813. The monoisotopic (exact) mass is 300 g/mol. The second-order valence-electron chi connectivity index (χ2n) is 5.06. The standard InChI is InChI=1S/C14H24N2O5/c1-6-12(18)15-10(8-13(19)16(3)4)11(17)7-9(2)14(20)21-5/h9-10H,6-8H2,1-5H3,(H,15,18)/t9-,10-/m1/s1. The van der Waals surface area contributed by atoms with E-state index in [-0.39, 0.29) is 36.9 Å². The van der Waals surface area contributed by atoms with E-state index in [0.29, 0.717) is 0 Å². The number of Topliss-reactive ketones (excluding diaryl/α,β-unsaturated/α-hetero) is 1. The predicted molar refractivity (Wildman–Crippen MR) is 76.3 cm³/mol. The van der Waals surface area contributed by atoms with E-state index >= 15 is 0 Å². The maximum absolute atomic E-state index is 12.2. The lowest BCUT2D eigenvalue weighted by Gasteiger charge is -2.20. The van der Waals surface area contributed by atoms with Crippen LogP contribution in [0.1, 0.15) is 33.1 Å². The predicted octanol–water partition coefficient (Wildman–Crippen LogP) is 0.128. The molecular weight excluding hydrogens is 276 g/mol. The van der Waals surface area contributed by atoms with Gasteiger partial charge in [0, 0.05) is 26.9 Å². The molecule has 2 amide bonds. The van der Waals surface area contributed by atoms with Crippen molar-refractivity contribution in [3.8, 4) is 0 Å². The highest BCUT2D eigenvalue weighted by molar-refractivity contribution is 5.94. The van der Waals surface area contributed by atoms with Crippen molar-refractivity contribution in [1.82, 2.24) is 10.2 Å². The van der Waals surface area contributed by atoms with Crippen LogP contribution in [0.5, 0.6) is 0 Å². The number of nitrogens with zero attached hydrogens (tertiary/aromatic N) is 1. The van der Waals surface area contributed by atoms with Crippen LogP contribution in [0.15, 0.2) is 0 Å². The average molecular weight is 300 g/mol. The van der Waals surface area contributed by atoms with Gasteiger partial charge in [0.25, 0.3) is 0 Å². The van der Waals surface area contributed by atoms with E-state index in [2.05, 4.69) is 10.1 Å². The molecule has 0 heterocycles. The molecule has 0 aliphatic heterocycles. The molecule has 0 rings (SSSR count). The number of nitrogens with one attached hydrogen (secondary N) is 1. The SMILES string of the molecule is CCC(=O)N[C@H](CC(=O)N(C)C)C(=O)C[C@@H](C)C(=O)OC. The van der Waals surface area contributed by atoms with E-state index in [0.717, 1.165) is 0 Å². The quantitative estimate of drug-likeness (QED) is 0.643. The van der Waals surface area contributed by atoms with Crippen LogP contribution in [0, 0.1) is 5.92 Å². The first-order valence-corrected chi connectivity index (χ1v) is 6.82. The van der Waals surface area contributed by atoms with Crippen molar-refractivity contribution in [2.75, 3.05) is 21.2 Å². The van der Waals surface area contributed by atoms with Gasteiger partial charge < -0.3 is 15.0 Å². The fourth-order valence-corrected chi connectivity index (χ4v) is 1.63. The first-order valence-electron chi connectivity index (χ1n) is 6.82. The number of rotatable bonds is 8. The molecule has 7 heteroatoms. The highest BCUT2D eigenvalue weighted by atomic mass is 16.5. The van der Waals surface area contributed by atoms with Gasteiger partial charge in [0.15, 0.2) is 5.78 Å². The molecule has 0 radical (unpaired) electrons. The second-order valence-corrected chi connectivity index (χ2v) is 5.06. The Morgan fingerprint density at radius 2 is 1.71 bits per heavy atom. The van der Waals surface area contributed by atoms with Gasteiger partial charge in [-0.05, 0) is 0 Å². The highest BCUT2D eigenvalue weighted by Gasteiger charge is 2.27. The molecule has 0 aromatic heterocycles. The van der Waals surface area contributed by atoms with E-state index in [9.17, 15) is 19.2 Å². The van der Waals surface area contributed by atoms with Crippen LogP contribution in [0.3, 0.4) is 0 Å². The zero-order chi connectivity index (χ0) is 16.6. The summed E-state index contributed by atoms with van der Waals surface area (Å²) in [5, 5.41) is 2.53. The van der Waals surface area contributed by atoms with Gasteiger partial charge in [-0.3, -0.25) is 19.2 Å². The Kier molecular flexibility index (Phi) is 8.26. The Bertz CT molecular complexity index is 406. The number of carbonyl (C=O) groups is 4. The molecule has 0 unspecified atom stereocenters. The first-order chi connectivity index (χ1) is 9.72. The zero-order valence-corrected chi connectivity index (χ0v) is 13.3. The molecule has 0 fully saturated rings. The van der Waals surface area contributed by atoms with Crippen LogP contribution < -0.4 is 5.32 Å². The molecule has 0 aliphatic carbocycles. The Labute approximate surface area is 125 Å². The molecule has 0 bridgehead atoms. The molecule has 0 aromatic rings. The van der Waals surface area contributed by atoms with E-state index in [1.165, 1.54) is 12.0 Å². The van der Waals surface area contributed by atoms with Gasteiger partial charge in [-0.15, -0.1) is 0 Å². The molecule has 7 nitrogen and oxygen atoms in total. The Morgan fingerprint density at radius 1 is 1.14 bits per heavy atom. The molecule has 120 valence electrons. The summed E-state index contributed by atoms with van der Waals surface area (Å²) in [6, 6.07) is -0.917. The highest BCUT2D eigenvalue weighted by Crippen LogP contribution is 2.10. The van der Waals surface area contributed by atoms with Crippen LogP contribution in [-0.2, 0) is 23.9 Å². The lowest BCUT2D eigenvalue weighted by atomic mass is 9.98. The summed E-state index contributed by atoms with van der Waals surface area (Å²) < 4.78 is 4.56. The van der Waals surface area contributed by atoms with Gasteiger partial charge in [0.2, 0.25) is 11.8 Å². The Balaban J connectivity index is 4.85. The van der Waals surface area contributed by atoms with Crippen LogP contribution in [-0.4, -0.2) is 55.7 Å². The summed E-state index contributed by atoms with van der Waals surface area (Å²) in [4.78, 5) is 48.1. The van der Waals surface area contributed by atoms with Crippen molar-refractivity contribution in [3.05, 3.63) is 0 Å². The van der Waals surface area contributed by atoms with Crippen LogP contribution in [0.4, 0.5) is 0 Å². The Hall–Kier alpha value is -1.92. The number of hydrogen-bond acceptors (Lipinski definition) is 5. The van der Waals surface area contributed by atoms with E-state index < -0.39 is 17.9 Å². The minimum atomic E-state index is -0.917. The molecule has 0 spiro atoms. The van der Waals surface area contributed by atoms with Crippen molar-refractivity contribution in [2.45, 2.75) is 39.2 Å². The normalized spacial score (nSPS) is 13.0. The van der Waals surface area contributed by atoms with Gasteiger partial charge >= 0.3 is 5.97 Å². The molecule has 0 saturated heterocycles. The van der Waals surface area contributed by atoms with Gasteiger partial charge in [0.1, 0.15) is 0 Å². The second kappa shape index (κ2) is 9.10. The topological polar surface area (TPSA) is 92.8 Å². The largest absolute Gasteiger partial charge is 0.469 e. The average Bonchev–Trinajstić information content (AvgIpc) is 2.44. The van der Waals surface area contributed by atoms with Gasteiger partial charge in [-0.2, -0.15) is 0 Å². The number of hydrogen-bond donors (Lipinski definition) is 1. The minimum Gasteiger partial charge on any atom is -0.469 e. The first kappa shape index (κ1) is 19.1. The van der Waals surface area contributed by atoms with E-state index in [1.54, 1.807) is 27.9 Å². The van der Waals surface area contributed by atoms with Crippen LogP contribution in [0.25, 0.3) is 0 Å². The lowest BCUT2D eigenvalue weighted by molar-refractivity contribution is -0.146. The van der Waals surface area contributed by atoms with Gasteiger partial charge in [-0.1, -0.05) is 13.8 Å². The van der Waals surface area contributed by atoms with Gasteiger partial charge in [-0.25, -0.2) is 0 Å². The number of ketones is 1. The smallest absolute Gasteiger partial charge is 0.308 e. The molecule has 1 N–H and O–H groups in total. The number of amides is 2. The van der Waals surface area contributed by atoms with Crippen molar-refractivity contribution in [2.24, 2.45) is 5.92 Å². The molecule has 2 atom stereocenters. The van der Waals surface area contributed by atoms with E-state index in [4.69, 9.17) is 0 Å². The maximum atomic E-state index is 12.2. The fraction of sp³-hybridized carbons (Fsp3) is 0.714. The number of methoxy groups -OCH3 is 1. The molecule has 0 saturated carbocycles. The number of ether oxygens (including phenoxy) is 1. The third-order valence-electron chi connectivity index (χ3n) is 3.03. The van der Waals surface area contributed by atoms with Crippen molar-refractivity contribution in [3.63, 3.8) is 0 Å². The summed E-state index contributed by atoms with van der Waals surface area (Å²) in [5.74, 6) is -2.05. The van der Waals surface area contributed by atoms with Crippen molar-refractivity contribution < 1.29 is 23.9 Å². The summed E-state index contributed by atoms with van der Waals surface area (Å²) in [6.45, 7) is 3.22. The van der Waals surface area contributed by atoms with Crippen molar-refractivity contribution >= 4 is 23.6 Å². The number of esters is 1. The third-order valence-corrected chi connectivity index (χ3v) is 3.03. The van der Waals surface area contributed by atoms with Gasteiger partial charge in [0.05, 0.1) is 25.5 Å². The zero-order valence-electron chi connectivity index (χ0n) is 13.3. The van der Waals surface area contributed by atoms with Crippen molar-refractivity contribution in [1.29, 1.82) is 0 Å². The maximum Gasteiger partial charge on any atom is 0.308 e. The summed E-state index contributed by atoms with van der Waals surface area (Å²) in [7, 11) is 4.39. The summed E-state index contributed by atoms with van der Waals surface area (Å²) >= 11 is 0.